The number of amides is 2. The second-order valence-electron chi connectivity index (χ2n) is 9.48. The van der Waals surface area contributed by atoms with Crippen LogP contribution < -0.4 is 15.8 Å². The molecule has 2 saturated heterocycles. The highest BCUT2D eigenvalue weighted by Crippen LogP contribution is 2.55. The molecule has 2 aliphatic rings. The van der Waals surface area contributed by atoms with E-state index in [0.717, 1.165) is 25.1 Å². The fraction of sp³-hybridized carbons (Fsp3) is 0.458. The van der Waals surface area contributed by atoms with Gasteiger partial charge in [0.1, 0.15) is 17.9 Å². The van der Waals surface area contributed by atoms with Gasteiger partial charge in [-0.3, -0.25) is 19.5 Å². The number of rotatable bonds is 6. The topological polar surface area (TPSA) is 107 Å². The van der Waals surface area contributed by atoms with E-state index < -0.39 is 65.0 Å². The lowest BCUT2D eigenvalue weighted by atomic mass is 9.77. The van der Waals surface area contributed by atoms with Crippen LogP contribution in [0.5, 0.6) is 5.75 Å². The number of carbonyl (C=O) groups is 2. The molecule has 0 radical (unpaired) electrons. The summed E-state index contributed by atoms with van der Waals surface area (Å²) in [6.45, 7) is 2.84. The summed E-state index contributed by atoms with van der Waals surface area (Å²) < 4.78 is 82.7. The number of aromatic nitrogens is 1. The minimum absolute atomic E-state index is 0.0312. The molecule has 13 heteroatoms. The quantitative estimate of drug-likeness (QED) is 0.558. The van der Waals surface area contributed by atoms with Crippen molar-refractivity contribution in [1.82, 2.24) is 9.88 Å². The van der Waals surface area contributed by atoms with Gasteiger partial charge in [0.05, 0.1) is 0 Å². The Morgan fingerprint density at radius 1 is 1.24 bits per heavy atom. The van der Waals surface area contributed by atoms with Crippen molar-refractivity contribution in [2.24, 2.45) is 11.7 Å². The third-order valence-corrected chi connectivity index (χ3v) is 6.96. The van der Waals surface area contributed by atoms with Gasteiger partial charge in [-0.1, -0.05) is 13.0 Å². The molecule has 0 unspecified atom stereocenters. The highest BCUT2D eigenvalue weighted by molar-refractivity contribution is 5.97. The molecule has 0 bridgehead atoms. The smallest absolute Gasteiger partial charge is 0.417 e. The number of ether oxygens (including phenoxy) is 2. The van der Waals surface area contributed by atoms with Crippen LogP contribution in [0, 0.1) is 17.6 Å². The summed E-state index contributed by atoms with van der Waals surface area (Å²) in [5.74, 6) is -7.81. The largest absolute Gasteiger partial charge is 0.484 e. The van der Waals surface area contributed by atoms with Gasteiger partial charge in [-0.15, -0.1) is 0 Å². The lowest BCUT2D eigenvalue weighted by Gasteiger charge is -2.37. The zero-order chi connectivity index (χ0) is 27.3. The first-order chi connectivity index (χ1) is 17.2. The summed E-state index contributed by atoms with van der Waals surface area (Å²) in [6.07, 6.45) is -6.00. The van der Waals surface area contributed by atoms with Gasteiger partial charge < -0.3 is 20.5 Å². The average molecular weight is 528 g/mol. The van der Waals surface area contributed by atoms with Gasteiger partial charge in [0.2, 0.25) is 5.82 Å². The molecule has 4 rings (SSSR count). The second-order valence-corrected chi connectivity index (χ2v) is 9.48. The van der Waals surface area contributed by atoms with E-state index in [1.807, 2.05) is 4.90 Å². The number of likely N-dealkylation sites (tertiary alicyclic amines) is 1. The number of nitrogens with one attached hydrogen (secondary N) is 1. The monoisotopic (exact) mass is 528 g/mol. The van der Waals surface area contributed by atoms with E-state index in [1.54, 1.807) is 7.05 Å². The Hall–Kier alpha value is -3.32. The first-order valence-corrected chi connectivity index (χ1v) is 11.4. The molecule has 1 aromatic heterocycles. The Bertz CT molecular complexity index is 1220. The van der Waals surface area contributed by atoms with E-state index in [0.29, 0.717) is 13.1 Å². The first kappa shape index (κ1) is 26.7. The van der Waals surface area contributed by atoms with Gasteiger partial charge in [0.15, 0.2) is 17.2 Å². The number of hydrogen-bond acceptors (Lipinski definition) is 6. The fourth-order valence-corrected chi connectivity index (χ4v) is 4.69. The molecule has 2 aromatic rings. The van der Waals surface area contributed by atoms with Crippen molar-refractivity contribution in [2.45, 2.75) is 43.8 Å². The molecule has 1 aromatic carbocycles. The first-order valence-electron chi connectivity index (χ1n) is 11.4. The van der Waals surface area contributed by atoms with Gasteiger partial charge >= 0.3 is 6.18 Å². The van der Waals surface area contributed by atoms with Crippen LogP contribution in [0.3, 0.4) is 0 Å². The van der Waals surface area contributed by atoms with Crippen molar-refractivity contribution in [3.63, 3.8) is 0 Å². The highest BCUT2D eigenvalue weighted by Gasteiger charge is 2.66. The van der Waals surface area contributed by atoms with Crippen LogP contribution in [0.15, 0.2) is 30.5 Å². The Morgan fingerprint density at radius 2 is 1.92 bits per heavy atom. The molecule has 3 N–H and O–H groups in total. The van der Waals surface area contributed by atoms with Crippen molar-refractivity contribution in [3.8, 4) is 5.75 Å². The number of anilines is 1. The molecule has 8 nitrogen and oxygen atoms in total. The van der Waals surface area contributed by atoms with Crippen LogP contribution in [0.4, 0.5) is 27.6 Å². The molecule has 2 fully saturated rings. The normalized spacial score (nSPS) is 26.5. The van der Waals surface area contributed by atoms with E-state index in [2.05, 4.69) is 10.3 Å². The van der Waals surface area contributed by atoms with Crippen LogP contribution in [-0.4, -0.2) is 65.8 Å². The molecule has 3 heterocycles. The molecule has 37 heavy (non-hydrogen) atoms. The molecule has 4 atom stereocenters. The van der Waals surface area contributed by atoms with Gasteiger partial charge in [-0.2, -0.15) is 17.6 Å². The molecular formula is C24H25F5N4O4. The third kappa shape index (κ3) is 4.85. The summed E-state index contributed by atoms with van der Waals surface area (Å²) in [5, 5.41) is 2.41. The standard InChI is InChI=1S/C24H25F5N4O4/c1-11-17(14-4-5-15(25)18(26)19(14)36-13-9-33(3)10-13)20(37-23(11,2)24(27,28)29)22(35)32-12-6-7-31-16(8-12)21(30)34/h4-8,11,13,17,20H,9-10H2,1-3H3,(H2,30,34)(H,31,32,35)/t11-,17-,20+,23+/m0/s1. The van der Waals surface area contributed by atoms with Crippen LogP contribution in [0.1, 0.15) is 35.8 Å². The maximum Gasteiger partial charge on any atom is 0.417 e. The summed E-state index contributed by atoms with van der Waals surface area (Å²) in [6, 6.07) is 4.34. The van der Waals surface area contributed by atoms with Crippen molar-refractivity contribution < 1.29 is 41.0 Å². The molecule has 2 aliphatic heterocycles. The molecular weight excluding hydrogens is 503 g/mol. The van der Waals surface area contributed by atoms with Crippen molar-refractivity contribution in [1.29, 1.82) is 0 Å². The van der Waals surface area contributed by atoms with Gasteiger partial charge in [-0.05, 0) is 32.2 Å². The number of primary amides is 1. The molecule has 0 saturated carbocycles. The highest BCUT2D eigenvalue weighted by atomic mass is 19.4. The second kappa shape index (κ2) is 9.53. The predicted molar refractivity (Wildman–Crippen MR) is 121 cm³/mol. The van der Waals surface area contributed by atoms with Crippen molar-refractivity contribution in [3.05, 3.63) is 53.4 Å². The molecule has 200 valence electrons. The Balaban J connectivity index is 1.75. The SMILES string of the molecule is C[C@H]1[C@@H](c2ccc(F)c(F)c2OC2CN(C)C2)[C@H](C(=O)Nc2ccnc(C(N)=O)c2)O[C@@]1(C)C(F)(F)F. The lowest BCUT2D eigenvalue weighted by Crippen LogP contribution is -2.51. The molecule has 0 spiro atoms. The van der Waals surface area contributed by atoms with Gasteiger partial charge in [0, 0.05) is 42.4 Å². The number of benzene rings is 1. The maximum absolute atomic E-state index is 15.0. The Labute approximate surface area is 208 Å². The van der Waals surface area contributed by atoms with E-state index in [-0.39, 0.29) is 16.9 Å². The predicted octanol–water partition coefficient (Wildman–Crippen LogP) is 3.23. The minimum atomic E-state index is -4.90. The maximum atomic E-state index is 15.0. The van der Waals surface area contributed by atoms with E-state index in [9.17, 15) is 31.5 Å². The number of alkyl halides is 3. The number of pyridine rings is 1. The summed E-state index contributed by atoms with van der Waals surface area (Å²) in [7, 11) is 1.79. The van der Waals surface area contributed by atoms with Crippen LogP contribution >= 0.6 is 0 Å². The van der Waals surface area contributed by atoms with Crippen LogP contribution in [0.25, 0.3) is 0 Å². The van der Waals surface area contributed by atoms with Gasteiger partial charge in [0.25, 0.3) is 11.8 Å². The zero-order valence-corrected chi connectivity index (χ0v) is 20.1. The van der Waals surface area contributed by atoms with Crippen LogP contribution in [0.2, 0.25) is 0 Å². The van der Waals surface area contributed by atoms with E-state index in [4.69, 9.17) is 15.2 Å². The number of likely N-dealkylation sites (N-methyl/N-ethyl adjacent to an activating group) is 1. The van der Waals surface area contributed by atoms with Crippen LogP contribution in [-0.2, 0) is 9.53 Å². The summed E-state index contributed by atoms with van der Waals surface area (Å²) >= 11 is 0. The third-order valence-electron chi connectivity index (χ3n) is 6.96. The average Bonchev–Trinajstić information content (AvgIpc) is 3.08. The number of nitrogens with zero attached hydrogens (tertiary/aromatic N) is 2. The lowest BCUT2D eigenvalue weighted by molar-refractivity contribution is -0.272. The molecule has 2 amide bonds. The van der Waals surface area contributed by atoms with E-state index in [1.165, 1.54) is 19.2 Å². The number of nitrogens with two attached hydrogens (primary N) is 1. The van der Waals surface area contributed by atoms with E-state index >= 15 is 0 Å². The van der Waals surface area contributed by atoms with Crippen molar-refractivity contribution in [2.75, 3.05) is 25.5 Å². The number of hydrogen-bond donors (Lipinski definition) is 2. The van der Waals surface area contributed by atoms with Crippen molar-refractivity contribution >= 4 is 17.5 Å². The summed E-state index contributed by atoms with van der Waals surface area (Å²) in [4.78, 5) is 30.3. The zero-order valence-electron chi connectivity index (χ0n) is 20.1. The Morgan fingerprint density at radius 3 is 2.51 bits per heavy atom. The number of halogens is 5. The minimum Gasteiger partial charge on any atom is -0.484 e. The fourth-order valence-electron chi connectivity index (χ4n) is 4.69. The molecule has 0 aliphatic carbocycles. The summed E-state index contributed by atoms with van der Waals surface area (Å²) in [5.41, 5.74) is 2.12. The number of carbonyl (C=O) groups excluding carboxylic acids is 2. The Kier molecular flexibility index (Phi) is 6.88. The van der Waals surface area contributed by atoms with Gasteiger partial charge in [-0.25, -0.2) is 4.39 Å².